The fourth-order valence-electron chi connectivity index (χ4n) is 4.90. The number of hydrogen-bond donors (Lipinski definition) is 0. The third-order valence-electron chi connectivity index (χ3n) is 7.09. The van der Waals surface area contributed by atoms with Crippen LogP contribution in [-0.2, 0) is 16.6 Å². The van der Waals surface area contributed by atoms with E-state index >= 15 is 0 Å². The van der Waals surface area contributed by atoms with Crippen LogP contribution in [0.5, 0.6) is 5.75 Å². The number of benzene rings is 2. The normalized spacial score (nSPS) is 15.3. The lowest BCUT2D eigenvalue weighted by atomic mass is 9.85. The second-order valence-corrected chi connectivity index (χ2v) is 11.7. The molecule has 5 nitrogen and oxygen atoms in total. The molecule has 1 aliphatic heterocycles. The first kappa shape index (κ1) is 26.9. The molecule has 0 saturated heterocycles. The fourth-order valence-corrected chi connectivity index (χ4v) is 5.81. The standard InChI is InChI=1S/C31H38N2O3S/c1-6-7-17-32(30(35)23-9-8-10-25(20-23)36-5)21-28(34)33-18-15-27-26(16-19-37-27)29(33)22-11-13-24(14-12-22)31(2,3)4/h8-14,16,19-20,29H,6-7,15,17-18,21H2,1-5H3. The summed E-state index contributed by atoms with van der Waals surface area (Å²) in [5.74, 6) is 0.474. The van der Waals surface area contributed by atoms with E-state index < -0.39 is 0 Å². The number of carbonyl (C=O) groups excluding carboxylic acids is 2. The van der Waals surface area contributed by atoms with Crippen molar-refractivity contribution in [2.75, 3.05) is 26.7 Å². The molecule has 3 aromatic rings. The van der Waals surface area contributed by atoms with Crippen LogP contribution >= 0.6 is 11.3 Å². The third-order valence-corrected chi connectivity index (χ3v) is 8.09. The van der Waals surface area contributed by atoms with E-state index in [1.54, 1.807) is 35.5 Å². The summed E-state index contributed by atoms with van der Waals surface area (Å²) in [7, 11) is 1.59. The Morgan fingerprint density at radius 2 is 1.86 bits per heavy atom. The van der Waals surface area contributed by atoms with Gasteiger partial charge in [-0.05, 0) is 64.6 Å². The van der Waals surface area contributed by atoms with Crippen LogP contribution in [0.1, 0.15) is 78.5 Å². The van der Waals surface area contributed by atoms with Crippen LogP contribution in [0.25, 0.3) is 0 Å². The van der Waals surface area contributed by atoms with Crippen molar-refractivity contribution >= 4 is 23.2 Å². The largest absolute Gasteiger partial charge is 0.497 e. The van der Waals surface area contributed by atoms with Gasteiger partial charge in [0.25, 0.3) is 5.91 Å². The molecule has 6 heteroatoms. The van der Waals surface area contributed by atoms with Gasteiger partial charge in [-0.25, -0.2) is 0 Å². The van der Waals surface area contributed by atoms with Crippen molar-refractivity contribution in [3.05, 3.63) is 87.1 Å². The number of unbranched alkanes of at least 4 members (excludes halogenated alkanes) is 1. The Kier molecular flexibility index (Phi) is 8.38. The molecule has 0 bridgehead atoms. The maximum atomic E-state index is 13.9. The SMILES string of the molecule is CCCCN(CC(=O)N1CCc2sccc2C1c1ccc(C(C)(C)C)cc1)C(=O)c1cccc(OC)c1. The van der Waals surface area contributed by atoms with Gasteiger partial charge in [0.1, 0.15) is 12.3 Å². The topological polar surface area (TPSA) is 49.9 Å². The molecule has 0 N–H and O–H groups in total. The summed E-state index contributed by atoms with van der Waals surface area (Å²) in [6.45, 7) is 9.97. The second-order valence-electron chi connectivity index (χ2n) is 10.7. The zero-order valence-corrected chi connectivity index (χ0v) is 23.4. The van der Waals surface area contributed by atoms with Crippen LogP contribution in [-0.4, -0.2) is 48.4 Å². The first-order valence-corrected chi connectivity index (χ1v) is 14.0. The summed E-state index contributed by atoms with van der Waals surface area (Å²) in [4.78, 5) is 32.4. The van der Waals surface area contributed by atoms with E-state index in [4.69, 9.17) is 4.74 Å². The average molecular weight is 519 g/mol. The van der Waals surface area contributed by atoms with Crippen molar-refractivity contribution in [2.45, 2.75) is 58.4 Å². The first-order chi connectivity index (χ1) is 17.7. The van der Waals surface area contributed by atoms with Crippen LogP contribution in [0.15, 0.2) is 60.0 Å². The summed E-state index contributed by atoms with van der Waals surface area (Å²) in [6, 6.07) is 17.8. The number of fused-ring (bicyclic) bond motifs is 1. The van der Waals surface area contributed by atoms with E-state index in [9.17, 15) is 9.59 Å². The Hall–Kier alpha value is -3.12. The molecule has 2 aromatic carbocycles. The Labute approximate surface area is 225 Å². The second kappa shape index (κ2) is 11.5. The van der Waals surface area contributed by atoms with Crippen molar-refractivity contribution in [3.63, 3.8) is 0 Å². The number of rotatable bonds is 8. The molecular formula is C31H38N2O3S. The van der Waals surface area contributed by atoms with Gasteiger partial charge in [0, 0.05) is 23.5 Å². The summed E-state index contributed by atoms with van der Waals surface area (Å²) in [5.41, 5.74) is 4.18. The summed E-state index contributed by atoms with van der Waals surface area (Å²) < 4.78 is 5.32. The number of amides is 2. The number of thiophene rings is 1. The lowest BCUT2D eigenvalue weighted by Crippen LogP contribution is -2.47. The van der Waals surface area contributed by atoms with Crippen LogP contribution in [0.4, 0.5) is 0 Å². The van der Waals surface area contributed by atoms with Crippen molar-refractivity contribution in [2.24, 2.45) is 0 Å². The van der Waals surface area contributed by atoms with Gasteiger partial charge in [0.2, 0.25) is 5.91 Å². The number of nitrogens with zero attached hydrogens (tertiary/aromatic N) is 2. The van der Waals surface area contributed by atoms with Gasteiger partial charge in [0.15, 0.2) is 0 Å². The highest BCUT2D eigenvalue weighted by atomic mass is 32.1. The van der Waals surface area contributed by atoms with Gasteiger partial charge < -0.3 is 14.5 Å². The maximum absolute atomic E-state index is 13.9. The molecule has 1 aliphatic rings. The molecule has 1 unspecified atom stereocenters. The molecule has 37 heavy (non-hydrogen) atoms. The van der Waals surface area contributed by atoms with Gasteiger partial charge in [-0.15, -0.1) is 11.3 Å². The third kappa shape index (κ3) is 6.07. The zero-order chi connectivity index (χ0) is 26.6. The van der Waals surface area contributed by atoms with Crippen LogP contribution in [0.2, 0.25) is 0 Å². The van der Waals surface area contributed by atoms with Gasteiger partial charge in [-0.1, -0.05) is 64.4 Å². The Bertz CT molecular complexity index is 1230. The Balaban J connectivity index is 1.62. The highest BCUT2D eigenvalue weighted by Gasteiger charge is 2.34. The molecule has 196 valence electrons. The molecule has 2 amide bonds. The van der Waals surface area contributed by atoms with Gasteiger partial charge in [-0.3, -0.25) is 9.59 Å². The molecule has 0 aliphatic carbocycles. The molecule has 0 spiro atoms. The molecule has 1 aromatic heterocycles. The van der Waals surface area contributed by atoms with Gasteiger partial charge >= 0.3 is 0 Å². The van der Waals surface area contributed by atoms with Crippen LogP contribution in [0.3, 0.4) is 0 Å². The van der Waals surface area contributed by atoms with Crippen molar-refractivity contribution < 1.29 is 14.3 Å². The lowest BCUT2D eigenvalue weighted by molar-refractivity contribution is -0.134. The fraction of sp³-hybridized carbons (Fsp3) is 0.419. The molecule has 1 atom stereocenters. The molecule has 0 fully saturated rings. The highest BCUT2D eigenvalue weighted by molar-refractivity contribution is 7.10. The van der Waals surface area contributed by atoms with Crippen molar-refractivity contribution in [1.82, 2.24) is 9.80 Å². The number of hydrogen-bond acceptors (Lipinski definition) is 4. The van der Waals surface area contributed by atoms with Crippen LogP contribution in [0, 0.1) is 0 Å². The van der Waals surface area contributed by atoms with E-state index in [0.29, 0.717) is 24.4 Å². The zero-order valence-electron chi connectivity index (χ0n) is 22.6. The predicted octanol–water partition coefficient (Wildman–Crippen LogP) is 6.47. The van der Waals surface area contributed by atoms with Crippen molar-refractivity contribution in [1.29, 1.82) is 0 Å². The van der Waals surface area contributed by atoms with Crippen molar-refractivity contribution in [3.8, 4) is 5.75 Å². The first-order valence-electron chi connectivity index (χ1n) is 13.1. The molecule has 0 radical (unpaired) electrons. The molecule has 0 saturated carbocycles. The molecular weight excluding hydrogens is 480 g/mol. The Morgan fingerprint density at radius 3 is 2.54 bits per heavy atom. The minimum absolute atomic E-state index is 0.0194. The summed E-state index contributed by atoms with van der Waals surface area (Å²) in [6.07, 6.45) is 2.63. The number of carbonyl (C=O) groups is 2. The van der Waals surface area contributed by atoms with E-state index in [0.717, 1.165) is 24.8 Å². The van der Waals surface area contributed by atoms with E-state index in [-0.39, 0.29) is 29.8 Å². The monoisotopic (exact) mass is 518 g/mol. The quantitative estimate of drug-likeness (QED) is 0.343. The highest BCUT2D eigenvalue weighted by Crippen LogP contribution is 2.38. The smallest absolute Gasteiger partial charge is 0.254 e. The minimum atomic E-state index is -0.142. The van der Waals surface area contributed by atoms with Crippen LogP contribution < -0.4 is 4.74 Å². The summed E-state index contributed by atoms with van der Waals surface area (Å²) in [5, 5.41) is 2.12. The lowest BCUT2D eigenvalue weighted by Gasteiger charge is -2.38. The molecule has 4 rings (SSSR count). The molecule has 2 heterocycles. The predicted molar refractivity (Wildman–Crippen MR) is 151 cm³/mol. The number of methoxy groups -OCH3 is 1. The Morgan fingerprint density at radius 1 is 1.11 bits per heavy atom. The summed E-state index contributed by atoms with van der Waals surface area (Å²) >= 11 is 1.76. The van der Waals surface area contributed by atoms with Gasteiger partial charge in [-0.2, -0.15) is 0 Å². The maximum Gasteiger partial charge on any atom is 0.254 e. The average Bonchev–Trinajstić information content (AvgIpc) is 3.38. The minimum Gasteiger partial charge on any atom is -0.497 e. The van der Waals surface area contributed by atoms with E-state index in [1.807, 2.05) is 17.0 Å². The number of ether oxygens (including phenoxy) is 1. The van der Waals surface area contributed by atoms with E-state index in [2.05, 4.69) is 63.4 Å². The van der Waals surface area contributed by atoms with Gasteiger partial charge in [0.05, 0.1) is 13.2 Å². The van der Waals surface area contributed by atoms with E-state index in [1.165, 1.54) is 16.0 Å².